The van der Waals surface area contributed by atoms with Crippen molar-refractivity contribution in [3.8, 4) is 0 Å². The molecular formula is C9H14ClN3. The molecule has 0 aliphatic rings. The largest absolute Gasteiger partial charge is 0.357 e. The van der Waals surface area contributed by atoms with Crippen LogP contribution in [-0.2, 0) is 0 Å². The SMILES string of the molecule is CCCN(CC)c1ccnc(Cl)n1. The first kappa shape index (κ1) is 10.3. The number of hydrogen-bond donors (Lipinski definition) is 0. The van der Waals surface area contributed by atoms with Gasteiger partial charge in [-0.25, -0.2) is 9.97 Å². The smallest absolute Gasteiger partial charge is 0.224 e. The van der Waals surface area contributed by atoms with Crippen LogP contribution in [0, 0.1) is 0 Å². The van der Waals surface area contributed by atoms with Crippen molar-refractivity contribution in [2.75, 3.05) is 18.0 Å². The summed E-state index contributed by atoms with van der Waals surface area (Å²) in [6, 6.07) is 1.88. The Morgan fingerprint density at radius 3 is 2.77 bits per heavy atom. The Kier molecular flexibility index (Phi) is 3.96. The van der Waals surface area contributed by atoms with Crippen LogP contribution in [0.15, 0.2) is 12.3 Å². The predicted octanol–water partition coefficient (Wildman–Crippen LogP) is 2.37. The van der Waals surface area contributed by atoms with Crippen molar-refractivity contribution < 1.29 is 0 Å². The molecule has 0 amide bonds. The first-order valence-electron chi connectivity index (χ1n) is 4.51. The van der Waals surface area contributed by atoms with Gasteiger partial charge in [0.2, 0.25) is 5.28 Å². The zero-order valence-corrected chi connectivity index (χ0v) is 8.75. The molecule has 1 heterocycles. The van der Waals surface area contributed by atoms with E-state index >= 15 is 0 Å². The van der Waals surface area contributed by atoms with Gasteiger partial charge in [0.1, 0.15) is 5.82 Å². The lowest BCUT2D eigenvalue weighted by atomic mass is 10.4. The number of rotatable bonds is 4. The van der Waals surface area contributed by atoms with Crippen LogP contribution in [-0.4, -0.2) is 23.1 Å². The second kappa shape index (κ2) is 5.02. The molecule has 0 atom stereocenters. The lowest BCUT2D eigenvalue weighted by Gasteiger charge is -2.20. The van der Waals surface area contributed by atoms with Gasteiger partial charge in [-0.05, 0) is 31.0 Å². The summed E-state index contributed by atoms with van der Waals surface area (Å²) in [5.41, 5.74) is 0. The minimum absolute atomic E-state index is 0.312. The van der Waals surface area contributed by atoms with Gasteiger partial charge in [0, 0.05) is 19.3 Å². The Morgan fingerprint density at radius 2 is 2.23 bits per heavy atom. The van der Waals surface area contributed by atoms with Crippen molar-refractivity contribution in [1.82, 2.24) is 9.97 Å². The maximum Gasteiger partial charge on any atom is 0.224 e. The van der Waals surface area contributed by atoms with Gasteiger partial charge in [0.05, 0.1) is 0 Å². The second-order valence-electron chi connectivity index (χ2n) is 2.76. The third-order valence-electron chi connectivity index (χ3n) is 1.81. The molecule has 0 aromatic carbocycles. The lowest BCUT2D eigenvalue weighted by molar-refractivity contribution is 0.776. The molecule has 1 aromatic heterocycles. The Labute approximate surface area is 83.8 Å². The highest BCUT2D eigenvalue weighted by atomic mass is 35.5. The molecule has 0 radical (unpaired) electrons. The highest BCUT2D eigenvalue weighted by Crippen LogP contribution is 2.11. The van der Waals surface area contributed by atoms with Gasteiger partial charge in [-0.3, -0.25) is 0 Å². The predicted molar refractivity (Wildman–Crippen MR) is 55.2 cm³/mol. The van der Waals surface area contributed by atoms with E-state index in [1.54, 1.807) is 6.20 Å². The van der Waals surface area contributed by atoms with E-state index in [1.807, 2.05) is 6.07 Å². The Balaban J connectivity index is 2.78. The third-order valence-corrected chi connectivity index (χ3v) is 1.99. The van der Waals surface area contributed by atoms with Crippen molar-refractivity contribution in [3.63, 3.8) is 0 Å². The summed E-state index contributed by atoms with van der Waals surface area (Å²) in [5, 5.41) is 0.312. The minimum Gasteiger partial charge on any atom is -0.357 e. The van der Waals surface area contributed by atoms with Crippen LogP contribution in [0.25, 0.3) is 0 Å². The molecule has 0 saturated heterocycles. The van der Waals surface area contributed by atoms with Gasteiger partial charge in [-0.1, -0.05) is 6.92 Å². The van der Waals surface area contributed by atoms with Crippen LogP contribution in [0.3, 0.4) is 0 Å². The summed E-state index contributed by atoms with van der Waals surface area (Å²) in [6.45, 7) is 6.20. The molecule has 0 aliphatic carbocycles. The number of nitrogens with zero attached hydrogens (tertiary/aromatic N) is 3. The molecule has 0 N–H and O–H groups in total. The van der Waals surface area contributed by atoms with Crippen molar-refractivity contribution >= 4 is 17.4 Å². The molecule has 0 saturated carbocycles. The van der Waals surface area contributed by atoms with Crippen molar-refractivity contribution in [1.29, 1.82) is 0 Å². The van der Waals surface area contributed by atoms with Gasteiger partial charge in [-0.15, -0.1) is 0 Å². The van der Waals surface area contributed by atoms with Gasteiger partial charge < -0.3 is 4.90 Å². The highest BCUT2D eigenvalue weighted by molar-refractivity contribution is 6.28. The monoisotopic (exact) mass is 199 g/mol. The quantitative estimate of drug-likeness (QED) is 0.698. The molecular weight excluding hydrogens is 186 g/mol. The number of halogens is 1. The van der Waals surface area contributed by atoms with Crippen molar-refractivity contribution in [2.45, 2.75) is 20.3 Å². The van der Waals surface area contributed by atoms with Crippen molar-refractivity contribution in [2.24, 2.45) is 0 Å². The zero-order valence-electron chi connectivity index (χ0n) is 8.00. The molecule has 13 heavy (non-hydrogen) atoms. The van der Waals surface area contributed by atoms with E-state index in [1.165, 1.54) is 0 Å². The Bertz CT molecular complexity index is 265. The van der Waals surface area contributed by atoms with E-state index in [4.69, 9.17) is 11.6 Å². The molecule has 4 heteroatoms. The Morgan fingerprint density at radius 1 is 1.46 bits per heavy atom. The topological polar surface area (TPSA) is 29.0 Å². The normalized spacial score (nSPS) is 10.1. The second-order valence-corrected chi connectivity index (χ2v) is 3.10. The van der Waals surface area contributed by atoms with Gasteiger partial charge in [0.15, 0.2) is 0 Å². The highest BCUT2D eigenvalue weighted by Gasteiger charge is 2.04. The summed E-state index contributed by atoms with van der Waals surface area (Å²) in [7, 11) is 0. The maximum absolute atomic E-state index is 5.70. The molecule has 0 aliphatic heterocycles. The zero-order chi connectivity index (χ0) is 9.68. The first-order valence-corrected chi connectivity index (χ1v) is 4.89. The molecule has 72 valence electrons. The van der Waals surface area contributed by atoms with Crippen LogP contribution in [0.2, 0.25) is 5.28 Å². The van der Waals surface area contributed by atoms with Gasteiger partial charge in [-0.2, -0.15) is 0 Å². The third kappa shape index (κ3) is 2.84. The molecule has 1 aromatic rings. The van der Waals surface area contributed by atoms with Crippen LogP contribution < -0.4 is 4.90 Å². The van der Waals surface area contributed by atoms with Crippen LogP contribution in [0.1, 0.15) is 20.3 Å². The molecule has 0 fully saturated rings. The first-order chi connectivity index (χ1) is 6.27. The summed E-state index contributed by atoms with van der Waals surface area (Å²) < 4.78 is 0. The molecule has 0 bridgehead atoms. The van der Waals surface area contributed by atoms with Crippen LogP contribution in [0.5, 0.6) is 0 Å². The van der Waals surface area contributed by atoms with E-state index in [-0.39, 0.29) is 0 Å². The average molecular weight is 200 g/mol. The molecule has 1 rings (SSSR count). The van der Waals surface area contributed by atoms with E-state index in [0.29, 0.717) is 5.28 Å². The van der Waals surface area contributed by atoms with E-state index < -0.39 is 0 Å². The van der Waals surface area contributed by atoms with E-state index in [9.17, 15) is 0 Å². The standard InChI is InChI=1S/C9H14ClN3/c1-3-7-13(4-2)8-5-6-11-9(10)12-8/h5-6H,3-4,7H2,1-2H3. The number of anilines is 1. The summed E-state index contributed by atoms with van der Waals surface area (Å²) >= 11 is 5.70. The summed E-state index contributed by atoms with van der Waals surface area (Å²) in [5.74, 6) is 0.907. The van der Waals surface area contributed by atoms with Crippen LogP contribution in [0.4, 0.5) is 5.82 Å². The fourth-order valence-corrected chi connectivity index (χ4v) is 1.35. The summed E-state index contributed by atoms with van der Waals surface area (Å²) in [4.78, 5) is 10.2. The van der Waals surface area contributed by atoms with Crippen LogP contribution >= 0.6 is 11.6 Å². The van der Waals surface area contributed by atoms with E-state index in [2.05, 4.69) is 28.7 Å². The van der Waals surface area contributed by atoms with E-state index in [0.717, 1.165) is 25.3 Å². The lowest BCUT2D eigenvalue weighted by Crippen LogP contribution is -2.24. The fourth-order valence-electron chi connectivity index (χ4n) is 1.21. The fraction of sp³-hybridized carbons (Fsp3) is 0.556. The number of hydrogen-bond acceptors (Lipinski definition) is 3. The van der Waals surface area contributed by atoms with Crippen molar-refractivity contribution in [3.05, 3.63) is 17.5 Å². The summed E-state index contributed by atoms with van der Waals surface area (Å²) in [6.07, 6.45) is 2.79. The maximum atomic E-state index is 5.70. The van der Waals surface area contributed by atoms with Gasteiger partial charge in [0.25, 0.3) is 0 Å². The molecule has 3 nitrogen and oxygen atoms in total. The Hall–Kier alpha value is -0.830. The average Bonchev–Trinajstić information content (AvgIpc) is 2.14. The van der Waals surface area contributed by atoms with Gasteiger partial charge >= 0.3 is 0 Å². The number of aromatic nitrogens is 2. The molecule has 0 spiro atoms. The molecule has 0 unspecified atom stereocenters. The minimum atomic E-state index is 0.312.